The smallest absolute Gasteiger partial charge is 0.229 e. The zero-order valence-corrected chi connectivity index (χ0v) is 12.5. The van der Waals surface area contributed by atoms with Gasteiger partial charge in [-0.05, 0) is 30.0 Å². The molecule has 20 heavy (non-hydrogen) atoms. The topological polar surface area (TPSA) is 59.2 Å². The highest BCUT2D eigenvalue weighted by molar-refractivity contribution is 6.30. The lowest BCUT2D eigenvalue weighted by atomic mass is 10.0. The Hall–Kier alpha value is -1.39. The molecule has 0 aliphatic carbocycles. The van der Waals surface area contributed by atoms with Crippen molar-refractivity contribution < 1.29 is 9.63 Å². The van der Waals surface area contributed by atoms with E-state index in [1.54, 1.807) is 0 Å². The second kappa shape index (κ2) is 6.86. The Morgan fingerprint density at radius 1 is 1.35 bits per heavy atom. The third-order valence-electron chi connectivity index (χ3n) is 2.92. The summed E-state index contributed by atoms with van der Waals surface area (Å²) in [7, 11) is 0. The summed E-state index contributed by atoms with van der Waals surface area (Å²) in [6.07, 6.45) is 1.27. The lowest BCUT2D eigenvalue weighted by Gasteiger charge is -2.09. The summed E-state index contributed by atoms with van der Waals surface area (Å²) in [6.45, 7) is 4.14. The fourth-order valence-corrected chi connectivity index (χ4v) is 2.32. The highest BCUT2D eigenvalue weighted by Crippen LogP contribution is 2.14. The predicted molar refractivity (Wildman–Crippen MR) is 77.7 cm³/mol. The van der Waals surface area contributed by atoms with Crippen LogP contribution >= 0.6 is 11.6 Å². The van der Waals surface area contributed by atoms with Gasteiger partial charge in [-0.25, -0.2) is 0 Å². The quantitative estimate of drug-likeness (QED) is 0.888. The average Bonchev–Trinajstić information content (AvgIpc) is 2.75. The lowest BCUT2D eigenvalue weighted by Crippen LogP contribution is -2.13. The molecule has 1 aromatic heterocycles. The molecule has 1 aromatic carbocycles. The van der Waals surface area contributed by atoms with Crippen LogP contribution in [-0.4, -0.2) is 21.4 Å². The first-order valence-electron chi connectivity index (χ1n) is 6.77. The van der Waals surface area contributed by atoms with E-state index in [9.17, 15) is 5.11 Å². The molecule has 2 aromatic rings. The maximum absolute atomic E-state index is 9.86. The molecule has 0 amide bonds. The van der Waals surface area contributed by atoms with Crippen molar-refractivity contribution >= 4 is 11.6 Å². The van der Waals surface area contributed by atoms with E-state index in [4.69, 9.17) is 16.1 Å². The van der Waals surface area contributed by atoms with Gasteiger partial charge in [-0.1, -0.05) is 42.7 Å². The zero-order valence-electron chi connectivity index (χ0n) is 11.7. The molecule has 0 bridgehead atoms. The standard InChI is InChI=1S/C15H19ClN2O2/c1-10(2)6-13(19)9-15-17-14(18-20-15)8-11-4-3-5-12(16)7-11/h3-5,7,10,13,19H,6,8-9H2,1-2H3. The first-order valence-corrected chi connectivity index (χ1v) is 7.14. The normalized spacial score (nSPS) is 12.8. The molecule has 5 heteroatoms. The van der Waals surface area contributed by atoms with Crippen LogP contribution in [0, 0.1) is 5.92 Å². The number of nitrogens with zero attached hydrogens (tertiary/aromatic N) is 2. The molecule has 0 spiro atoms. The summed E-state index contributed by atoms with van der Waals surface area (Å²) in [5, 5.41) is 14.5. The predicted octanol–water partition coefficient (Wildman–Crippen LogP) is 3.26. The second-order valence-corrected chi connectivity index (χ2v) is 5.83. The van der Waals surface area contributed by atoms with Crippen LogP contribution in [0.1, 0.15) is 37.5 Å². The van der Waals surface area contributed by atoms with Gasteiger partial charge in [0.2, 0.25) is 5.89 Å². The van der Waals surface area contributed by atoms with Crippen molar-refractivity contribution in [3.05, 3.63) is 46.6 Å². The molecule has 1 unspecified atom stereocenters. The van der Waals surface area contributed by atoms with Crippen LogP contribution in [0.15, 0.2) is 28.8 Å². The minimum absolute atomic E-state index is 0.403. The molecule has 108 valence electrons. The summed E-state index contributed by atoms with van der Waals surface area (Å²) < 4.78 is 5.17. The first kappa shape index (κ1) is 15.0. The van der Waals surface area contributed by atoms with Gasteiger partial charge >= 0.3 is 0 Å². The fourth-order valence-electron chi connectivity index (χ4n) is 2.10. The maximum atomic E-state index is 9.86. The fraction of sp³-hybridized carbons (Fsp3) is 0.467. The van der Waals surface area contributed by atoms with Gasteiger partial charge in [-0.2, -0.15) is 4.98 Å². The third kappa shape index (κ3) is 4.62. The van der Waals surface area contributed by atoms with E-state index in [-0.39, 0.29) is 0 Å². The molecular weight excluding hydrogens is 276 g/mol. The van der Waals surface area contributed by atoms with Crippen LogP contribution in [0.2, 0.25) is 5.02 Å². The molecule has 0 saturated heterocycles. The molecule has 1 N–H and O–H groups in total. The molecule has 1 heterocycles. The molecular formula is C15H19ClN2O2. The number of aliphatic hydroxyl groups excluding tert-OH is 1. The van der Waals surface area contributed by atoms with E-state index >= 15 is 0 Å². The van der Waals surface area contributed by atoms with Gasteiger partial charge in [-0.15, -0.1) is 0 Å². The van der Waals surface area contributed by atoms with Gasteiger partial charge in [0, 0.05) is 11.4 Å². The highest BCUT2D eigenvalue weighted by atomic mass is 35.5. The van der Waals surface area contributed by atoms with Crippen molar-refractivity contribution in [3.63, 3.8) is 0 Å². The summed E-state index contributed by atoms with van der Waals surface area (Å²) in [4.78, 5) is 4.30. The summed E-state index contributed by atoms with van der Waals surface area (Å²) in [5.74, 6) is 1.54. The van der Waals surface area contributed by atoms with E-state index in [1.165, 1.54) is 0 Å². The Kier molecular flexibility index (Phi) is 5.15. The van der Waals surface area contributed by atoms with Crippen LogP contribution in [0.3, 0.4) is 0 Å². The lowest BCUT2D eigenvalue weighted by molar-refractivity contribution is 0.138. The molecule has 0 aliphatic rings. The number of aromatic nitrogens is 2. The average molecular weight is 295 g/mol. The number of aliphatic hydroxyl groups is 1. The van der Waals surface area contributed by atoms with Gasteiger partial charge in [0.15, 0.2) is 5.82 Å². The molecule has 2 rings (SSSR count). The molecule has 0 radical (unpaired) electrons. The molecule has 1 atom stereocenters. The van der Waals surface area contributed by atoms with Gasteiger partial charge < -0.3 is 9.63 Å². The van der Waals surface area contributed by atoms with E-state index in [2.05, 4.69) is 24.0 Å². The van der Waals surface area contributed by atoms with Crippen LogP contribution in [-0.2, 0) is 12.8 Å². The largest absolute Gasteiger partial charge is 0.393 e. The number of hydrogen-bond acceptors (Lipinski definition) is 4. The number of rotatable bonds is 6. The zero-order chi connectivity index (χ0) is 14.5. The van der Waals surface area contributed by atoms with Gasteiger partial charge in [0.25, 0.3) is 0 Å². The highest BCUT2D eigenvalue weighted by Gasteiger charge is 2.13. The van der Waals surface area contributed by atoms with E-state index in [0.29, 0.717) is 35.5 Å². The Bertz CT molecular complexity index is 554. The molecule has 0 fully saturated rings. The first-order chi connectivity index (χ1) is 9.52. The number of benzene rings is 1. The molecule has 4 nitrogen and oxygen atoms in total. The van der Waals surface area contributed by atoms with E-state index in [0.717, 1.165) is 12.0 Å². The molecule has 0 saturated carbocycles. The second-order valence-electron chi connectivity index (χ2n) is 5.40. The SMILES string of the molecule is CC(C)CC(O)Cc1nc(Cc2cccc(Cl)c2)no1. The Morgan fingerprint density at radius 3 is 2.85 bits per heavy atom. The van der Waals surface area contributed by atoms with Crippen LogP contribution < -0.4 is 0 Å². The molecule has 0 aliphatic heterocycles. The van der Waals surface area contributed by atoms with Gasteiger partial charge in [0.05, 0.1) is 12.5 Å². The maximum Gasteiger partial charge on any atom is 0.229 e. The Labute approximate surface area is 123 Å². The Morgan fingerprint density at radius 2 is 2.15 bits per heavy atom. The number of hydrogen-bond donors (Lipinski definition) is 1. The van der Waals surface area contributed by atoms with Gasteiger partial charge in [0.1, 0.15) is 0 Å². The van der Waals surface area contributed by atoms with E-state index < -0.39 is 6.10 Å². The summed E-state index contributed by atoms with van der Waals surface area (Å²) in [5.41, 5.74) is 1.03. The minimum atomic E-state index is -0.436. The summed E-state index contributed by atoms with van der Waals surface area (Å²) >= 11 is 5.94. The minimum Gasteiger partial charge on any atom is -0.393 e. The van der Waals surface area contributed by atoms with Crippen molar-refractivity contribution in [2.75, 3.05) is 0 Å². The van der Waals surface area contributed by atoms with Crippen LogP contribution in [0.4, 0.5) is 0 Å². The van der Waals surface area contributed by atoms with Crippen molar-refractivity contribution in [2.24, 2.45) is 5.92 Å². The van der Waals surface area contributed by atoms with Crippen LogP contribution in [0.25, 0.3) is 0 Å². The van der Waals surface area contributed by atoms with Crippen molar-refractivity contribution in [1.82, 2.24) is 10.1 Å². The van der Waals surface area contributed by atoms with Crippen molar-refractivity contribution in [2.45, 2.75) is 39.2 Å². The monoisotopic (exact) mass is 294 g/mol. The Balaban J connectivity index is 1.95. The van der Waals surface area contributed by atoms with Gasteiger partial charge in [-0.3, -0.25) is 0 Å². The van der Waals surface area contributed by atoms with E-state index in [1.807, 2.05) is 24.3 Å². The third-order valence-corrected chi connectivity index (χ3v) is 3.15. The summed E-state index contributed by atoms with van der Waals surface area (Å²) in [6, 6.07) is 7.57. The van der Waals surface area contributed by atoms with Crippen molar-refractivity contribution in [1.29, 1.82) is 0 Å². The number of halogens is 1. The van der Waals surface area contributed by atoms with Crippen molar-refractivity contribution in [3.8, 4) is 0 Å². The van der Waals surface area contributed by atoms with Crippen LogP contribution in [0.5, 0.6) is 0 Å².